The molecule has 0 bridgehead atoms. The summed E-state index contributed by atoms with van der Waals surface area (Å²) in [5, 5.41) is 8.46. The largest absolute Gasteiger partial charge is 0.456 e. The lowest BCUT2D eigenvalue weighted by Crippen LogP contribution is -2.28. The zero-order valence-electron chi connectivity index (χ0n) is 33.1. The van der Waals surface area contributed by atoms with Gasteiger partial charge in [0, 0.05) is 43.7 Å². The molecule has 0 radical (unpaired) electrons. The zero-order valence-corrected chi connectivity index (χ0v) is 33.1. The number of aromatic nitrogens is 3. The number of rotatable bonds is 4. The Labute approximate surface area is 353 Å². The fourth-order valence-electron chi connectivity index (χ4n) is 9.84. The van der Waals surface area contributed by atoms with Crippen LogP contribution in [-0.2, 0) is 0 Å². The van der Waals surface area contributed by atoms with Crippen molar-refractivity contribution in [3.05, 3.63) is 221 Å². The topological polar surface area (TPSA) is 62.1 Å². The van der Waals surface area contributed by atoms with Crippen molar-refractivity contribution in [1.29, 1.82) is 0 Å². The van der Waals surface area contributed by atoms with Gasteiger partial charge in [-0.2, -0.15) is 0 Å². The highest BCUT2D eigenvalue weighted by Gasteiger charge is 2.22. The second-order valence-electron chi connectivity index (χ2n) is 16.0. The van der Waals surface area contributed by atoms with Crippen LogP contribution < -0.4 is 11.1 Å². The Balaban J connectivity index is 1.20. The third-order valence-electron chi connectivity index (χ3n) is 12.6. The van der Waals surface area contributed by atoms with Crippen LogP contribution in [0.4, 0.5) is 0 Å². The molecule has 0 unspecified atom stereocenters. The Morgan fingerprint density at radius 3 is 1.44 bits per heavy atom. The van der Waals surface area contributed by atoms with Gasteiger partial charge in [-0.25, -0.2) is 4.57 Å². The molecule has 6 nitrogen and oxygen atoms in total. The van der Waals surface area contributed by atoms with Crippen LogP contribution >= 0.6 is 0 Å². The van der Waals surface area contributed by atoms with E-state index in [2.05, 4.69) is 88.0 Å². The maximum Gasteiger partial charge on any atom is 0.266 e. The lowest BCUT2D eigenvalue weighted by Gasteiger charge is -2.09. The zero-order chi connectivity index (χ0) is 41.1. The average Bonchev–Trinajstić information content (AvgIpc) is 3.96. The van der Waals surface area contributed by atoms with Crippen molar-refractivity contribution in [2.45, 2.75) is 0 Å². The Morgan fingerprint density at radius 2 is 0.774 bits per heavy atom. The maximum absolute atomic E-state index is 15.6. The maximum atomic E-state index is 15.6. The summed E-state index contributed by atoms with van der Waals surface area (Å²) in [5.41, 5.74) is 8.99. The number of fused-ring (bicyclic) bond motifs is 12. The van der Waals surface area contributed by atoms with E-state index in [-0.39, 0.29) is 11.1 Å². The highest BCUT2D eigenvalue weighted by atomic mass is 16.3. The summed E-state index contributed by atoms with van der Waals surface area (Å²) in [6, 6.07) is 67.3. The predicted molar refractivity (Wildman–Crippen MR) is 255 cm³/mol. The Kier molecular flexibility index (Phi) is 7.22. The molecule has 62 heavy (non-hydrogen) atoms. The summed E-state index contributed by atoms with van der Waals surface area (Å²) in [6.07, 6.45) is 0. The molecule has 0 aliphatic heterocycles. The van der Waals surface area contributed by atoms with E-state index in [4.69, 9.17) is 4.42 Å². The molecule has 4 aromatic heterocycles. The van der Waals surface area contributed by atoms with E-state index in [0.717, 1.165) is 88.1 Å². The molecule has 0 aliphatic rings. The van der Waals surface area contributed by atoms with Crippen LogP contribution in [0.1, 0.15) is 0 Å². The molecular weight excluding hydrogens is 763 g/mol. The highest BCUT2D eigenvalue weighted by molar-refractivity contribution is 6.21. The third kappa shape index (κ3) is 4.92. The van der Waals surface area contributed by atoms with Crippen molar-refractivity contribution in [3.8, 4) is 28.2 Å². The minimum atomic E-state index is -0.387. The van der Waals surface area contributed by atoms with Gasteiger partial charge in [0.15, 0.2) is 0 Å². The van der Waals surface area contributed by atoms with Gasteiger partial charge in [-0.15, -0.1) is 0 Å². The van der Waals surface area contributed by atoms with Crippen LogP contribution in [0.15, 0.2) is 214 Å². The molecule has 0 spiro atoms. The molecule has 0 atom stereocenters. The normalized spacial score (nSPS) is 12.0. The number of furan rings is 1. The number of nitrogens with zero attached hydrogens (tertiary/aromatic N) is 3. The summed E-state index contributed by atoms with van der Waals surface area (Å²) < 4.78 is 12.0. The monoisotopic (exact) mass is 795 g/mol. The quantitative estimate of drug-likeness (QED) is 0.178. The van der Waals surface area contributed by atoms with Crippen molar-refractivity contribution < 1.29 is 4.42 Å². The molecule has 0 amide bonds. The molecule has 290 valence electrons. The van der Waals surface area contributed by atoms with E-state index in [1.54, 1.807) is 0 Å². The van der Waals surface area contributed by atoms with Crippen LogP contribution in [-0.4, -0.2) is 13.7 Å². The van der Waals surface area contributed by atoms with Crippen LogP contribution in [0.25, 0.3) is 115 Å². The van der Waals surface area contributed by atoms with Gasteiger partial charge < -0.3 is 13.6 Å². The van der Waals surface area contributed by atoms with Crippen molar-refractivity contribution in [2.75, 3.05) is 0 Å². The number of hydrogen-bond acceptors (Lipinski definition) is 3. The van der Waals surface area contributed by atoms with Gasteiger partial charge in [0.2, 0.25) is 0 Å². The van der Waals surface area contributed by atoms with Crippen LogP contribution in [0.5, 0.6) is 0 Å². The number of hydrogen-bond donors (Lipinski definition) is 0. The first-order chi connectivity index (χ1) is 30.6. The summed E-state index contributed by atoms with van der Waals surface area (Å²) >= 11 is 0. The van der Waals surface area contributed by atoms with Crippen LogP contribution in [0.3, 0.4) is 0 Å². The number of benzene rings is 9. The van der Waals surface area contributed by atoms with Gasteiger partial charge >= 0.3 is 0 Å². The molecule has 6 heteroatoms. The molecule has 0 aliphatic carbocycles. The van der Waals surface area contributed by atoms with E-state index in [1.807, 2.05) is 121 Å². The Bertz CT molecular complexity index is 4140. The first-order valence-electron chi connectivity index (χ1n) is 20.8. The van der Waals surface area contributed by atoms with Gasteiger partial charge in [0.25, 0.3) is 11.1 Å². The van der Waals surface area contributed by atoms with Crippen molar-refractivity contribution in [2.24, 2.45) is 0 Å². The summed E-state index contributed by atoms with van der Waals surface area (Å²) in [5.74, 6) is 0. The van der Waals surface area contributed by atoms with Crippen LogP contribution in [0.2, 0.25) is 0 Å². The third-order valence-corrected chi connectivity index (χ3v) is 12.6. The average molecular weight is 796 g/mol. The molecule has 9 aromatic carbocycles. The minimum absolute atomic E-state index is 0.382. The second-order valence-corrected chi connectivity index (χ2v) is 16.0. The fraction of sp³-hybridized carbons (Fsp3) is 0. The fourth-order valence-corrected chi connectivity index (χ4v) is 9.84. The van der Waals surface area contributed by atoms with E-state index < -0.39 is 0 Å². The first kappa shape index (κ1) is 34.4. The molecule has 0 saturated carbocycles. The molecule has 0 N–H and O–H groups in total. The Hall–Kier alpha value is -8.48. The summed E-state index contributed by atoms with van der Waals surface area (Å²) in [6.45, 7) is 0. The Morgan fingerprint density at radius 1 is 0.274 bits per heavy atom. The van der Waals surface area contributed by atoms with Gasteiger partial charge in [0.1, 0.15) is 11.2 Å². The summed E-state index contributed by atoms with van der Waals surface area (Å²) in [4.78, 5) is 31.1. The smallest absolute Gasteiger partial charge is 0.266 e. The molecule has 0 fully saturated rings. The lowest BCUT2D eigenvalue weighted by molar-refractivity contribution is 0.669. The molecule has 13 aromatic rings. The second kappa shape index (κ2) is 13.0. The van der Waals surface area contributed by atoms with E-state index >= 15 is 9.59 Å². The van der Waals surface area contributed by atoms with Crippen molar-refractivity contribution >= 4 is 87.1 Å². The van der Waals surface area contributed by atoms with Gasteiger partial charge in [0.05, 0.1) is 38.5 Å². The SMILES string of the molecule is O=c1c2cc3c(cc2c2cc4c5ccccc5n(-c5ccc6oc7ccccc7c6c5)c4cc2c(=O)n1-c1cccc(-c2ccccc2)c1)c1ccccc1n3-c1ccccc1. The van der Waals surface area contributed by atoms with Crippen LogP contribution in [0, 0.1) is 0 Å². The van der Waals surface area contributed by atoms with Crippen molar-refractivity contribution in [1.82, 2.24) is 13.7 Å². The van der Waals surface area contributed by atoms with E-state index in [0.29, 0.717) is 27.2 Å². The molecule has 0 saturated heterocycles. The highest BCUT2D eigenvalue weighted by Crippen LogP contribution is 2.40. The summed E-state index contributed by atoms with van der Waals surface area (Å²) in [7, 11) is 0. The number of para-hydroxylation sites is 4. The molecule has 4 heterocycles. The van der Waals surface area contributed by atoms with Gasteiger partial charge in [-0.3, -0.25) is 9.59 Å². The van der Waals surface area contributed by atoms with Gasteiger partial charge in [-0.05, 0) is 107 Å². The molecular formula is C56H33N3O3. The van der Waals surface area contributed by atoms with Gasteiger partial charge in [-0.1, -0.05) is 115 Å². The molecule has 13 rings (SSSR count). The lowest BCUT2D eigenvalue weighted by atomic mass is 10.0. The van der Waals surface area contributed by atoms with E-state index in [9.17, 15) is 0 Å². The standard InChI is InChI=1S/C56H33N3O3/c60-55-47-32-51-44(39-20-7-10-23-49(39)57(51)36-17-5-2-6-18-36)30-42(47)43-31-45-40-21-8-11-24-50(40)58(38-26-27-54-46(29-38)41-22-9-12-25-53(41)62-54)52(45)33-48(43)56(61)59(55)37-19-13-16-35(28-37)34-14-3-1-4-15-34/h1-33H. The van der Waals surface area contributed by atoms with Crippen molar-refractivity contribution in [3.63, 3.8) is 0 Å². The van der Waals surface area contributed by atoms with E-state index in [1.165, 1.54) is 4.57 Å². The predicted octanol–water partition coefficient (Wildman–Crippen LogP) is 13.3. The minimum Gasteiger partial charge on any atom is -0.456 e. The first-order valence-corrected chi connectivity index (χ1v) is 20.8.